The first-order chi connectivity index (χ1) is 16.0. The van der Waals surface area contributed by atoms with Crippen LogP contribution in [0.5, 0.6) is 17.2 Å². The molecule has 0 spiro atoms. The van der Waals surface area contributed by atoms with E-state index >= 15 is 0 Å². The van der Waals surface area contributed by atoms with Gasteiger partial charge >= 0.3 is 0 Å². The van der Waals surface area contributed by atoms with Gasteiger partial charge in [-0.1, -0.05) is 49.4 Å². The van der Waals surface area contributed by atoms with E-state index in [1.807, 2.05) is 37.3 Å². The second kappa shape index (κ2) is 10.4. The quantitative estimate of drug-likeness (QED) is 0.390. The summed E-state index contributed by atoms with van der Waals surface area (Å²) in [7, 11) is 1.65. The maximum absolute atomic E-state index is 10.9. The smallest absolute Gasteiger partial charge is 0.162 e. The molecule has 6 heteroatoms. The van der Waals surface area contributed by atoms with Crippen molar-refractivity contribution in [3.63, 3.8) is 0 Å². The van der Waals surface area contributed by atoms with Crippen LogP contribution in [-0.4, -0.2) is 24.5 Å². The van der Waals surface area contributed by atoms with Crippen molar-refractivity contribution in [1.82, 2.24) is 5.32 Å². The van der Waals surface area contributed by atoms with Gasteiger partial charge in [0.1, 0.15) is 11.9 Å². The Morgan fingerprint density at radius 1 is 1.06 bits per heavy atom. The molecule has 1 aliphatic rings. The summed E-state index contributed by atoms with van der Waals surface area (Å²) in [6, 6.07) is 20.1. The fourth-order valence-electron chi connectivity index (χ4n) is 4.13. The SMILES string of the molecule is CCOc1cccc(C2CC(c3ccc(CC)cc3)=NC(c3ccc(OC)c(Br)c3)N2)c1O. The van der Waals surface area contributed by atoms with Crippen molar-refractivity contribution < 1.29 is 14.6 Å². The Morgan fingerprint density at radius 3 is 2.52 bits per heavy atom. The van der Waals surface area contributed by atoms with Gasteiger partial charge in [-0.3, -0.25) is 10.3 Å². The van der Waals surface area contributed by atoms with Gasteiger partial charge in [-0.05, 0) is 64.2 Å². The molecule has 2 N–H and O–H groups in total. The Balaban J connectivity index is 1.75. The number of rotatable bonds is 7. The number of phenolic OH excluding ortho intramolecular Hbond substituents is 1. The highest BCUT2D eigenvalue weighted by Gasteiger charge is 2.29. The van der Waals surface area contributed by atoms with Gasteiger partial charge in [0.05, 0.1) is 18.2 Å². The van der Waals surface area contributed by atoms with Gasteiger partial charge in [0.2, 0.25) is 0 Å². The number of para-hydroxylation sites is 1. The van der Waals surface area contributed by atoms with Crippen LogP contribution in [0, 0.1) is 0 Å². The van der Waals surface area contributed by atoms with Crippen LogP contribution >= 0.6 is 15.9 Å². The number of halogens is 1. The van der Waals surface area contributed by atoms with Gasteiger partial charge in [0.15, 0.2) is 11.5 Å². The average molecular weight is 509 g/mol. The largest absolute Gasteiger partial charge is 0.504 e. The number of aryl methyl sites for hydroxylation is 1. The molecule has 0 amide bonds. The van der Waals surface area contributed by atoms with E-state index in [0.717, 1.165) is 39.0 Å². The standard InChI is InChI=1S/C27H29BrN2O3/c1-4-17-9-11-18(12-10-17)22-16-23(20-7-6-8-25(26(20)31)33-5-2)30-27(29-22)19-13-14-24(32-3)21(28)15-19/h6-15,23,27,30-31H,4-5,16H2,1-3H3. The van der Waals surface area contributed by atoms with E-state index in [-0.39, 0.29) is 18.0 Å². The molecule has 0 aliphatic carbocycles. The third kappa shape index (κ3) is 5.07. The van der Waals surface area contributed by atoms with Crippen molar-refractivity contribution in [1.29, 1.82) is 0 Å². The van der Waals surface area contributed by atoms with Crippen molar-refractivity contribution in [2.45, 2.75) is 38.9 Å². The Labute approximate surface area is 203 Å². The van der Waals surface area contributed by atoms with Gasteiger partial charge in [0, 0.05) is 23.7 Å². The summed E-state index contributed by atoms with van der Waals surface area (Å²) in [6.07, 6.45) is 1.38. The minimum atomic E-state index is -0.276. The van der Waals surface area contributed by atoms with E-state index in [2.05, 4.69) is 52.4 Å². The molecule has 0 aromatic heterocycles. The second-order valence-electron chi connectivity index (χ2n) is 7.97. The number of aliphatic imine (C=N–C) groups is 1. The molecule has 4 rings (SSSR count). The van der Waals surface area contributed by atoms with E-state index in [1.165, 1.54) is 5.56 Å². The molecule has 1 heterocycles. The van der Waals surface area contributed by atoms with E-state index < -0.39 is 0 Å². The number of phenols is 1. The molecule has 0 saturated heterocycles. The zero-order valence-electron chi connectivity index (χ0n) is 19.1. The van der Waals surface area contributed by atoms with Crippen LogP contribution in [-0.2, 0) is 6.42 Å². The van der Waals surface area contributed by atoms with E-state index in [9.17, 15) is 5.11 Å². The molecule has 172 valence electrons. The Bertz CT molecular complexity index is 1140. The molecule has 3 aromatic rings. The summed E-state index contributed by atoms with van der Waals surface area (Å²) in [5, 5.41) is 14.6. The predicted molar refractivity (Wildman–Crippen MR) is 136 cm³/mol. The second-order valence-corrected chi connectivity index (χ2v) is 8.83. The third-order valence-electron chi connectivity index (χ3n) is 5.93. The molecule has 0 radical (unpaired) electrons. The number of ether oxygens (including phenoxy) is 2. The van der Waals surface area contributed by atoms with Crippen LogP contribution < -0.4 is 14.8 Å². The van der Waals surface area contributed by atoms with Crippen LogP contribution in [0.15, 0.2) is 70.1 Å². The monoisotopic (exact) mass is 508 g/mol. The summed E-state index contributed by atoms with van der Waals surface area (Å²) < 4.78 is 11.9. The minimum Gasteiger partial charge on any atom is -0.504 e. The van der Waals surface area contributed by atoms with Gasteiger partial charge < -0.3 is 14.6 Å². The zero-order valence-corrected chi connectivity index (χ0v) is 20.7. The predicted octanol–water partition coefficient (Wildman–Crippen LogP) is 6.35. The lowest BCUT2D eigenvalue weighted by Gasteiger charge is -2.31. The number of hydrogen-bond acceptors (Lipinski definition) is 5. The molecule has 0 bridgehead atoms. The first kappa shape index (κ1) is 23.3. The Hall–Kier alpha value is -2.83. The zero-order chi connectivity index (χ0) is 23.4. The van der Waals surface area contributed by atoms with Crippen molar-refractivity contribution in [2.24, 2.45) is 4.99 Å². The molecule has 1 aliphatic heterocycles. The maximum atomic E-state index is 10.9. The average Bonchev–Trinajstić information content (AvgIpc) is 2.85. The van der Waals surface area contributed by atoms with E-state index in [0.29, 0.717) is 18.8 Å². The number of nitrogens with zero attached hydrogens (tertiary/aromatic N) is 1. The van der Waals surface area contributed by atoms with Crippen LogP contribution in [0.4, 0.5) is 0 Å². The van der Waals surface area contributed by atoms with Crippen molar-refractivity contribution in [2.75, 3.05) is 13.7 Å². The van der Waals surface area contributed by atoms with Crippen LogP contribution in [0.2, 0.25) is 0 Å². The minimum absolute atomic E-state index is 0.130. The van der Waals surface area contributed by atoms with Crippen LogP contribution in [0.3, 0.4) is 0 Å². The fourth-order valence-corrected chi connectivity index (χ4v) is 4.69. The first-order valence-electron chi connectivity index (χ1n) is 11.2. The number of aromatic hydroxyl groups is 1. The van der Waals surface area contributed by atoms with Gasteiger partial charge in [-0.2, -0.15) is 0 Å². The lowest BCUT2D eigenvalue weighted by atomic mass is 9.93. The van der Waals surface area contributed by atoms with E-state index in [4.69, 9.17) is 14.5 Å². The molecule has 0 fully saturated rings. The molecule has 2 unspecified atom stereocenters. The molecule has 0 saturated carbocycles. The molecule has 33 heavy (non-hydrogen) atoms. The molecular formula is C27H29BrN2O3. The number of benzene rings is 3. The summed E-state index contributed by atoms with van der Waals surface area (Å²) >= 11 is 3.59. The van der Waals surface area contributed by atoms with Crippen molar-refractivity contribution in [3.8, 4) is 17.2 Å². The molecular weight excluding hydrogens is 480 g/mol. The lowest BCUT2D eigenvalue weighted by Crippen LogP contribution is -2.33. The number of nitrogens with one attached hydrogen (secondary N) is 1. The summed E-state index contributed by atoms with van der Waals surface area (Å²) in [6.45, 7) is 4.56. The maximum Gasteiger partial charge on any atom is 0.162 e. The first-order valence-corrected chi connectivity index (χ1v) is 12.0. The number of hydrogen-bond donors (Lipinski definition) is 2. The summed E-state index contributed by atoms with van der Waals surface area (Å²) in [4.78, 5) is 5.07. The fraction of sp³-hybridized carbons (Fsp3) is 0.296. The lowest BCUT2D eigenvalue weighted by molar-refractivity contribution is 0.313. The normalized spacial score (nSPS) is 18.0. The van der Waals surface area contributed by atoms with Crippen molar-refractivity contribution >= 4 is 21.6 Å². The van der Waals surface area contributed by atoms with Gasteiger partial charge in [-0.25, -0.2) is 0 Å². The van der Waals surface area contributed by atoms with Crippen LogP contribution in [0.1, 0.15) is 54.7 Å². The molecule has 5 nitrogen and oxygen atoms in total. The highest BCUT2D eigenvalue weighted by molar-refractivity contribution is 9.10. The highest BCUT2D eigenvalue weighted by atomic mass is 79.9. The molecule has 2 atom stereocenters. The van der Waals surface area contributed by atoms with Crippen LogP contribution in [0.25, 0.3) is 0 Å². The number of methoxy groups -OCH3 is 1. The van der Waals surface area contributed by atoms with E-state index in [1.54, 1.807) is 13.2 Å². The summed E-state index contributed by atoms with van der Waals surface area (Å²) in [5.41, 5.74) is 5.20. The summed E-state index contributed by atoms with van der Waals surface area (Å²) in [5.74, 6) is 1.44. The third-order valence-corrected chi connectivity index (χ3v) is 6.55. The Kier molecular flexibility index (Phi) is 7.36. The van der Waals surface area contributed by atoms with Gasteiger partial charge in [0.25, 0.3) is 0 Å². The highest BCUT2D eigenvalue weighted by Crippen LogP contribution is 2.39. The van der Waals surface area contributed by atoms with Gasteiger partial charge in [-0.15, -0.1) is 0 Å². The Morgan fingerprint density at radius 2 is 1.85 bits per heavy atom. The molecule has 3 aromatic carbocycles. The topological polar surface area (TPSA) is 63.1 Å². The van der Waals surface area contributed by atoms with Crippen molar-refractivity contribution in [3.05, 3.63) is 87.4 Å².